The van der Waals surface area contributed by atoms with E-state index in [4.69, 9.17) is 0 Å². The van der Waals surface area contributed by atoms with Gasteiger partial charge in [-0.1, -0.05) is 0 Å². The van der Waals surface area contributed by atoms with Crippen LogP contribution < -0.4 is 11.2 Å². The highest BCUT2D eigenvalue weighted by Gasteiger charge is 2.39. The van der Waals surface area contributed by atoms with Crippen LogP contribution in [0.2, 0.25) is 0 Å². The lowest BCUT2D eigenvalue weighted by Gasteiger charge is -2.22. The van der Waals surface area contributed by atoms with Crippen LogP contribution >= 0.6 is 0 Å². The molecule has 1 aromatic heterocycles. The lowest BCUT2D eigenvalue weighted by molar-refractivity contribution is -0.151. The molecule has 0 aromatic carbocycles. The highest BCUT2D eigenvalue weighted by atomic mass is 16.5. The molecule has 1 aromatic rings. The van der Waals surface area contributed by atoms with Crippen molar-refractivity contribution in [1.82, 2.24) is 14.5 Å². The molecule has 2 N–H and O–H groups in total. The predicted molar refractivity (Wildman–Crippen MR) is 69.5 cm³/mol. The maximum Gasteiger partial charge on any atom is 0.328 e. The second-order valence-corrected chi connectivity index (χ2v) is 4.71. The number of H-pyrrole nitrogens is 1. The summed E-state index contributed by atoms with van der Waals surface area (Å²) in [6.45, 7) is -0.341. The second-order valence-electron chi connectivity index (χ2n) is 4.71. The molecule has 2 heterocycles. The number of carbonyl (C=O) groups is 2. The summed E-state index contributed by atoms with van der Waals surface area (Å²) in [6, 6.07) is 0.252. The number of β-amino-alcohol motifs (C(OH)–C–C–N with tert-alkyl or cyclic N) is 1. The normalized spacial score (nSPS) is 21.3. The van der Waals surface area contributed by atoms with Crippen LogP contribution in [0, 0.1) is 0 Å². The van der Waals surface area contributed by atoms with Crippen molar-refractivity contribution in [2.75, 3.05) is 13.7 Å². The van der Waals surface area contributed by atoms with Crippen LogP contribution in [0.1, 0.15) is 6.42 Å². The van der Waals surface area contributed by atoms with Gasteiger partial charge >= 0.3 is 11.7 Å². The van der Waals surface area contributed by atoms with E-state index in [-0.39, 0.29) is 19.5 Å². The molecule has 9 heteroatoms. The molecule has 0 spiro atoms. The van der Waals surface area contributed by atoms with Crippen LogP contribution in [0.5, 0.6) is 0 Å². The number of carbonyl (C=O) groups excluding carboxylic acids is 2. The number of hydrogen-bond donors (Lipinski definition) is 2. The van der Waals surface area contributed by atoms with Crippen molar-refractivity contribution in [2.45, 2.75) is 25.1 Å². The molecule has 2 atom stereocenters. The SMILES string of the molecule is COC(=O)C1CC(O)CN1C(=O)Cn1ccc(=O)[nH]c1=O. The van der Waals surface area contributed by atoms with Gasteiger partial charge in [-0.15, -0.1) is 0 Å². The van der Waals surface area contributed by atoms with Crippen LogP contribution in [0.25, 0.3) is 0 Å². The number of hydrogen-bond acceptors (Lipinski definition) is 6. The summed E-state index contributed by atoms with van der Waals surface area (Å²) in [5.41, 5.74) is -1.28. The molecule has 0 aliphatic carbocycles. The summed E-state index contributed by atoms with van der Waals surface area (Å²) in [4.78, 5) is 49.5. The third kappa shape index (κ3) is 3.19. The molecule has 9 nitrogen and oxygen atoms in total. The van der Waals surface area contributed by atoms with E-state index in [9.17, 15) is 24.3 Å². The number of amides is 1. The zero-order chi connectivity index (χ0) is 15.6. The van der Waals surface area contributed by atoms with Crippen LogP contribution in [-0.4, -0.2) is 57.2 Å². The van der Waals surface area contributed by atoms with E-state index in [1.807, 2.05) is 4.98 Å². The topological polar surface area (TPSA) is 122 Å². The molecule has 0 radical (unpaired) electrons. The van der Waals surface area contributed by atoms with Crippen LogP contribution in [0.4, 0.5) is 0 Å². The number of esters is 1. The van der Waals surface area contributed by atoms with Crippen molar-refractivity contribution >= 4 is 11.9 Å². The molecule has 21 heavy (non-hydrogen) atoms. The molecular weight excluding hydrogens is 282 g/mol. The fourth-order valence-corrected chi connectivity index (χ4v) is 2.25. The van der Waals surface area contributed by atoms with Crippen LogP contribution in [-0.2, 0) is 20.9 Å². The molecule has 1 fully saturated rings. The number of ether oxygens (including phenoxy) is 1. The standard InChI is InChI=1S/C12H15N3O6/c1-21-11(19)8-4-7(16)5-15(8)10(18)6-14-3-2-9(17)13-12(14)20/h2-3,7-8,16H,4-6H2,1H3,(H,13,17,20). The first-order valence-electron chi connectivity index (χ1n) is 6.27. The maximum absolute atomic E-state index is 12.2. The van der Waals surface area contributed by atoms with E-state index in [0.29, 0.717) is 0 Å². The van der Waals surface area contributed by atoms with Gasteiger partial charge in [0.15, 0.2) is 0 Å². The van der Waals surface area contributed by atoms with Crippen molar-refractivity contribution in [1.29, 1.82) is 0 Å². The van der Waals surface area contributed by atoms with E-state index in [1.165, 1.54) is 18.2 Å². The first-order valence-corrected chi connectivity index (χ1v) is 6.27. The lowest BCUT2D eigenvalue weighted by Crippen LogP contribution is -2.44. The van der Waals surface area contributed by atoms with Crippen LogP contribution in [0.15, 0.2) is 21.9 Å². The number of methoxy groups -OCH3 is 1. The molecule has 1 aliphatic heterocycles. The van der Waals surface area contributed by atoms with Gasteiger partial charge in [-0.2, -0.15) is 0 Å². The summed E-state index contributed by atoms with van der Waals surface area (Å²) in [6.07, 6.45) is 0.475. The highest BCUT2D eigenvalue weighted by Crippen LogP contribution is 2.19. The minimum absolute atomic E-state index is 0.00327. The van der Waals surface area contributed by atoms with Crippen molar-refractivity contribution in [2.24, 2.45) is 0 Å². The molecule has 114 valence electrons. The van der Waals surface area contributed by atoms with E-state index >= 15 is 0 Å². The Hall–Kier alpha value is -2.42. The highest BCUT2D eigenvalue weighted by molar-refractivity contribution is 5.85. The molecule has 1 saturated heterocycles. The minimum Gasteiger partial charge on any atom is -0.467 e. The third-order valence-corrected chi connectivity index (χ3v) is 3.28. The Morgan fingerprint density at radius 2 is 2.19 bits per heavy atom. The summed E-state index contributed by atoms with van der Waals surface area (Å²) in [5.74, 6) is -1.13. The van der Waals surface area contributed by atoms with Gasteiger partial charge < -0.3 is 14.7 Å². The Morgan fingerprint density at radius 1 is 1.48 bits per heavy atom. The first kappa shape index (κ1) is 15.0. The predicted octanol–water partition coefficient (Wildman–Crippen LogP) is -2.33. The Balaban J connectivity index is 2.17. The Bertz CT molecular complexity index is 663. The fraction of sp³-hybridized carbons (Fsp3) is 0.500. The van der Waals surface area contributed by atoms with Gasteiger partial charge in [-0.3, -0.25) is 19.1 Å². The monoisotopic (exact) mass is 297 g/mol. The van der Waals surface area contributed by atoms with E-state index in [1.54, 1.807) is 0 Å². The number of aliphatic hydroxyl groups excluding tert-OH is 1. The molecule has 1 amide bonds. The van der Waals surface area contributed by atoms with Gasteiger partial charge in [0, 0.05) is 25.2 Å². The van der Waals surface area contributed by atoms with Gasteiger partial charge in [0.25, 0.3) is 5.56 Å². The Labute approximate surface area is 118 Å². The second kappa shape index (κ2) is 5.92. The summed E-state index contributed by atoms with van der Waals surface area (Å²) < 4.78 is 5.61. The van der Waals surface area contributed by atoms with Crippen molar-refractivity contribution in [3.63, 3.8) is 0 Å². The van der Waals surface area contributed by atoms with Crippen LogP contribution in [0.3, 0.4) is 0 Å². The molecule has 2 unspecified atom stereocenters. The summed E-state index contributed by atoms with van der Waals surface area (Å²) in [5, 5.41) is 9.60. The minimum atomic E-state index is -0.865. The average molecular weight is 297 g/mol. The largest absolute Gasteiger partial charge is 0.467 e. The zero-order valence-corrected chi connectivity index (χ0v) is 11.3. The van der Waals surface area contributed by atoms with E-state index in [0.717, 1.165) is 10.6 Å². The van der Waals surface area contributed by atoms with Gasteiger partial charge in [0.2, 0.25) is 5.91 Å². The number of likely N-dealkylation sites (tertiary alicyclic amines) is 1. The van der Waals surface area contributed by atoms with Crippen molar-refractivity contribution in [3.05, 3.63) is 33.1 Å². The summed E-state index contributed by atoms with van der Waals surface area (Å²) >= 11 is 0. The smallest absolute Gasteiger partial charge is 0.328 e. The van der Waals surface area contributed by atoms with Crippen molar-refractivity contribution in [3.8, 4) is 0 Å². The maximum atomic E-state index is 12.2. The number of nitrogens with one attached hydrogen (secondary N) is 1. The summed E-state index contributed by atoms with van der Waals surface area (Å²) in [7, 11) is 1.20. The first-order chi connectivity index (χ1) is 9.92. The van der Waals surface area contributed by atoms with Gasteiger partial charge in [-0.05, 0) is 0 Å². The van der Waals surface area contributed by atoms with E-state index in [2.05, 4.69) is 4.74 Å². The number of aromatic amines is 1. The number of aliphatic hydroxyl groups is 1. The number of nitrogens with zero attached hydrogens (tertiary/aromatic N) is 2. The Morgan fingerprint density at radius 3 is 2.81 bits per heavy atom. The quantitative estimate of drug-likeness (QED) is 0.604. The molecule has 1 aliphatic rings. The van der Waals surface area contributed by atoms with Crippen molar-refractivity contribution < 1.29 is 19.4 Å². The van der Waals surface area contributed by atoms with E-state index < -0.39 is 35.3 Å². The fourth-order valence-electron chi connectivity index (χ4n) is 2.25. The molecule has 0 saturated carbocycles. The number of aromatic nitrogens is 2. The molecular formula is C12H15N3O6. The Kier molecular flexibility index (Phi) is 4.22. The lowest BCUT2D eigenvalue weighted by atomic mass is 10.2. The molecule has 2 rings (SSSR count). The van der Waals surface area contributed by atoms with Gasteiger partial charge in [-0.25, -0.2) is 9.59 Å². The van der Waals surface area contributed by atoms with Gasteiger partial charge in [0.1, 0.15) is 12.6 Å². The average Bonchev–Trinajstić information content (AvgIpc) is 2.83. The zero-order valence-electron chi connectivity index (χ0n) is 11.3. The van der Waals surface area contributed by atoms with Gasteiger partial charge in [0.05, 0.1) is 13.2 Å². The molecule has 0 bridgehead atoms. The number of rotatable bonds is 3. The third-order valence-electron chi connectivity index (χ3n) is 3.28.